The topological polar surface area (TPSA) is 130 Å². The second-order valence-electron chi connectivity index (χ2n) is 19.3. The van der Waals surface area contributed by atoms with Crippen LogP contribution in [0.1, 0.15) is 188 Å². The summed E-state index contributed by atoms with van der Waals surface area (Å²) in [5, 5.41) is 14.3. The number of fused-ring (bicyclic) bond motifs is 8. The summed E-state index contributed by atoms with van der Waals surface area (Å²) in [7, 11) is 1.28. The van der Waals surface area contributed by atoms with Gasteiger partial charge in [0.15, 0.2) is 0 Å². The fourth-order valence-electron chi connectivity index (χ4n) is 9.90. The minimum absolute atomic E-state index is 0. The Morgan fingerprint density at radius 1 is 0.862 bits per heavy atom. The minimum Gasteiger partial charge on any atom is -0.871 e. The normalized spacial score (nSPS) is 16.8. The number of aromatic nitrogens is 4. The predicted octanol–water partition coefficient (Wildman–Crippen LogP) is 11.8. The maximum absolute atomic E-state index is 14.3. The van der Waals surface area contributed by atoms with Gasteiger partial charge in [0, 0.05) is 29.5 Å². The van der Waals surface area contributed by atoms with Gasteiger partial charge in [-0.3, -0.25) is 9.78 Å². The first-order valence-corrected chi connectivity index (χ1v) is 23.9. The first kappa shape index (κ1) is 51.6. The van der Waals surface area contributed by atoms with E-state index in [0.29, 0.717) is 45.8 Å². The molecule has 0 radical (unpaired) electrons. The van der Waals surface area contributed by atoms with E-state index in [1.54, 1.807) is 0 Å². The predicted molar refractivity (Wildman–Crippen MR) is 265 cm³/mol. The zero-order valence-electron chi connectivity index (χ0n) is 41.2. The Morgan fingerprint density at radius 2 is 1.52 bits per heavy atom. The Hall–Kier alpha value is -4.41. The number of methoxy groups -OCH3 is 1. The first-order valence-electron chi connectivity index (χ1n) is 23.9. The van der Waals surface area contributed by atoms with Crippen LogP contribution in [-0.2, 0) is 25.5 Å². The van der Waals surface area contributed by atoms with Crippen LogP contribution in [0.5, 0.6) is 0 Å². The van der Waals surface area contributed by atoms with Crippen molar-refractivity contribution in [2.45, 2.75) is 158 Å². The fraction of sp³-hybridized carbons (Fsp3) is 0.527. The average molecular weight is 893 g/mol. The third kappa shape index (κ3) is 11.6. The van der Waals surface area contributed by atoms with Crippen LogP contribution in [0.4, 0.5) is 0 Å². The van der Waals surface area contributed by atoms with Gasteiger partial charge in [0.2, 0.25) is 0 Å². The first-order chi connectivity index (χ1) is 30.6. The molecule has 0 saturated carbocycles. The van der Waals surface area contributed by atoms with E-state index in [-0.39, 0.29) is 59.5 Å². The SMILES string of the molecule is C=CC1=C(C)c2cc3nc(c4c5[n-]c(cc6[n-]c(cc1n2)c(C)c6CC)c(C)c5C([O-])=C4C(=O)OC)[C@@H](CCC(=O)OC/C=C(\C)CCC[C@H](C)CCC[C@H](C)CCCC(C)C)[C@@H]3C.[Mg+2]. The molecule has 65 heavy (non-hydrogen) atoms. The van der Waals surface area contributed by atoms with E-state index in [9.17, 15) is 14.7 Å². The fourth-order valence-corrected chi connectivity index (χ4v) is 9.90. The number of aryl methyl sites for hydroxylation is 3. The molecule has 0 N–H and O–H groups in total. The monoisotopic (exact) mass is 892 g/mol. The molecule has 9 nitrogen and oxygen atoms in total. The number of carbonyl (C=O) groups is 2. The van der Waals surface area contributed by atoms with Gasteiger partial charge in [-0.1, -0.05) is 139 Å². The summed E-state index contributed by atoms with van der Waals surface area (Å²) >= 11 is 0. The number of carbonyl (C=O) groups excluding carboxylic acids is 2. The quantitative estimate of drug-likeness (QED) is 0.0618. The molecule has 2 aliphatic heterocycles. The molecular formula is C55H71MgN4O5-. The summed E-state index contributed by atoms with van der Waals surface area (Å²) in [5.41, 5.74) is 11.9. The standard InChI is InChI=1S/C55H73N4O5.Mg/c1-13-39-35(8)42-28-44-37(10)41(24-25-48(60)64-27-26-34(7)23-17-22-33(6)21-16-20-32(5)19-15-18-31(3)4)52(58-44)50-51(55(62)63-12)54(61)49-38(11)45(59-53(49)50)30-47-40(14-2)36(9)43(57-47)29-46(39)56-42;/h13,26,28-33,37,41H,1,14-25,27H2,2-12H3,(H2-,56,57,58,59,61,62);/q-1;+2/p-2/b34-26+;/t32-,33-,37+,41+;/m1./s1. The van der Waals surface area contributed by atoms with Crippen molar-refractivity contribution in [3.63, 3.8) is 0 Å². The van der Waals surface area contributed by atoms with Gasteiger partial charge in [0.05, 0.1) is 29.8 Å². The zero-order valence-corrected chi connectivity index (χ0v) is 42.6. The number of nitrogens with zero attached hydrogens (tertiary/aromatic N) is 4. The maximum Gasteiger partial charge on any atom is 2.00 e. The Labute approximate surface area is 404 Å². The van der Waals surface area contributed by atoms with Crippen LogP contribution < -0.4 is 15.1 Å². The van der Waals surface area contributed by atoms with Gasteiger partial charge in [-0.05, 0) is 100.0 Å². The van der Waals surface area contributed by atoms with Crippen molar-refractivity contribution < 1.29 is 24.2 Å². The van der Waals surface area contributed by atoms with Gasteiger partial charge in [0.1, 0.15) is 6.61 Å². The van der Waals surface area contributed by atoms with Crippen molar-refractivity contribution in [2.75, 3.05) is 13.7 Å². The molecule has 5 heterocycles. The molecule has 6 rings (SSSR count). The van der Waals surface area contributed by atoms with E-state index >= 15 is 0 Å². The number of hydrogen-bond acceptors (Lipinski definition) is 7. The molecule has 8 bridgehead atoms. The van der Waals surface area contributed by atoms with Crippen molar-refractivity contribution in [1.29, 1.82) is 0 Å². The molecule has 0 saturated heterocycles. The third-order valence-corrected chi connectivity index (χ3v) is 14.0. The van der Waals surface area contributed by atoms with Crippen molar-refractivity contribution in [2.24, 2.45) is 17.8 Å². The summed E-state index contributed by atoms with van der Waals surface area (Å²) < 4.78 is 11.0. The number of rotatable bonds is 20. The van der Waals surface area contributed by atoms with Crippen LogP contribution in [0.3, 0.4) is 0 Å². The van der Waals surface area contributed by atoms with Crippen LogP contribution in [0.2, 0.25) is 0 Å². The molecule has 10 heteroatoms. The van der Waals surface area contributed by atoms with E-state index in [1.807, 2.05) is 44.2 Å². The molecule has 0 amide bonds. The molecule has 3 aliphatic rings. The summed E-state index contributed by atoms with van der Waals surface area (Å²) in [4.78, 5) is 47.4. The molecular weight excluding hydrogens is 821 g/mol. The van der Waals surface area contributed by atoms with Gasteiger partial charge in [-0.2, -0.15) is 0 Å². The van der Waals surface area contributed by atoms with Gasteiger partial charge < -0.3 is 24.5 Å². The van der Waals surface area contributed by atoms with Crippen LogP contribution in [0.25, 0.3) is 44.5 Å². The van der Waals surface area contributed by atoms with Crippen LogP contribution in [-0.4, -0.2) is 58.7 Å². The van der Waals surface area contributed by atoms with Crippen molar-refractivity contribution in [1.82, 2.24) is 19.9 Å². The molecule has 1 aliphatic carbocycles. The van der Waals surface area contributed by atoms with Gasteiger partial charge in [-0.25, -0.2) is 9.78 Å². The maximum atomic E-state index is 14.3. The molecule has 0 aromatic carbocycles. The summed E-state index contributed by atoms with van der Waals surface area (Å²) in [6.07, 6.45) is 16.4. The summed E-state index contributed by atoms with van der Waals surface area (Å²) in [6.45, 7) is 26.0. The van der Waals surface area contributed by atoms with E-state index in [4.69, 9.17) is 29.4 Å². The number of ether oxygens (including phenoxy) is 2. The van der Waals surface area contributed by atoms with Gasteiger partial charge in [0.25, 0.3) is 0 Å². The average Bonchev–Trinajstić information content (AvgIpc) is 3.99. The van der Waals surface area contributed by atoms with E-state index < -0.39 is 11.7 Å². The number of hydrogen-bond donors (Lipinski definition) is 0. The summed E-state index contributed by atoms with van der Waals surface area (Å²) in [5.74, 6) is 0.298. The van der Waals surface area contributed by atoms with Crippen LogP contribution in [0.15, 0.2) is 42.5 Å². The van der Waals surface area contributed by atoms with E-state index in [1.165, 1.54) is 57.6 Å². The van der Waals surface area contributed by atoms with E-state index in [2.05, 4.69) is 62.0 Å². The second-order valence-corrected chi connectivity index (χ2v) is 19.3. The largest absolute Gasteiger partial charge is 2.00 e. The molecule has 0 spiro atoms. The summed E-state index contributed by atoms with van der Waals surface area (Å²) in [6, 6.07) is 5.92. The Bertz CT molecular complexity index is 2520. The second kappa shape index (κ2) is 22.9. The molecule has 0 fully saturated rings. The third-order valence-electron chi connectivity index (χ3n) is 14.0. The Balaban J connectivity index is 0.00000793. The van der Waals surface area contributed by atoms with Gasteiger partial charge in [-0.15, -0.1) is 22.1 Å². The van der Waals surface area contributed by atoms with Crippen LogP contribution in [0, 0.1) is 31.6 Å². The zero-order chi connectivity index (χ0) is 46.4. The Morgan fingerprint density at radius 3 is 2.17 bits per heavy atom. The number of esters is 2. The van der Waals surface area contributed by atoms with Crippen molar-refractivity contribution in [3.8, 4) is 0 Å². The Kier molecular flexibility index (Phi) is 18.1. The molecule has 4 atom stereocenters. The molecule has 3 aromatic rings. The van der Waals surface area contributed by atoms with Crippen LogP contribution >= 0.6 is 0 Å². The van der Waals surface area contributed by atoms with Crippen molar-refractivity contribution in [3.05, 3.63) is 93.1 Å². The van der Waals surface area contributed by atoms with Gasteiger partial charge >= 0.3 is 35.0 Å². The molecule has 344 valence electrons. The van der Waals surface area contributed by atoms with E-state index in [0.717, 1.165) is 81.5 Å². The minimum atomic E-state index is -0.743. The smallest absolute Gasteiger partial charge is 0.871 e. The van der Waals surface area contributed by atoms with Crippen molar-refractivity contribution >= 4 is 79.5 Å². The molecule has 3 aromatic heterocycles. The molecule has 0 unspecified atom stereocenters. The number of allylic oxidation sites excluding steroid dienone is 4.